The van der Waals surface area contributed by atoms with Crippen LogP contribution in [0.4, 0.5) is 0 Å². The van der Waals surface area contributed by atoms with E-state index >= 15 is 0 Å². The summed E-state index contributed by atoms with van der Waals surface area (Å²) in [4.78, 5) is 5.60. The Kier molecular flexibility index (Phi) is 6.94. The maximum absolute atomic E-state index is 5.60. The zero-order chi connectivity index (χ0) is 44.8. The van der Waals surface area contributed by atoms with E-state index in [0.717, 1.165) is 11.2 Å². The van der Waals surface area contributed by atoms with Crippen molar-refractivity contribution in [2.24, 2.45) is 0 Å². The number of rotatable bonds is 2. The van der Waals surface area contributed by atoms with Crippen LogP contribution >= 0.6 is 0 Å². The first kappa shape index (κ1) is 37.3. The van der Waals surface area contributed by atoms with Crippen LogP contribution in [0.2, 0.25) is 0 Å². The van der Waals surface area contributed by atoms with Crippen molar-refractivity contribution in [2.75, 3.05) is 0 Å². The summed E-state index contributed by atoms with van der Waals surface area (Å²) < 4.78 is 7.48. The number of pyridine rings is 1. The summed E-state index contributed by atoms with van der Waals surface area (Å²) in [5, 5.41) is 17.8. The predicted octanol–water partition coefficient (Wildman–Crippen LogP) is 17.0. The Hall–Kier alpha value is -7.95. The van der Waals surface area contributed by atoms with Crippen LogP contribution in [0.1, 0.15) is 52.7 Å². The quantitative estimate of drug-likeness (QED) is 0.170. The molecule has 6 heterocycles. The zero-order valence-corrected chi connectivity index (χ0v) is 38.5. The molecule has 0 radical (unpaired) electrons. The molecule has 67 heavy (non-hydrogen) atoms. The van der Waals surface area contributed by atoms with Crippen LogP contribution in [-0.2, 0) is 10.8 Å². The summed E-state index contributed by atoms with van der Waals surface area (Å²) in [5.41, 5.74) is 15.7. The van der Waals surface area contributed by atoms with Gasteiger partial charge < -0.3 is 8.97 Å². The normalized spacial score (nSPS) is 13.2. The Balaban J connectivity index is 1.14. The number of aromatic nitrogens is 4. The molecule has 0 saturated heterocycles. The van der Waals surface area contributed by atoms with Crippen molar-refractivity contribution in [3.8, 4) is 16.8 Å². The average molecular weight is 859 g/mol. The Morgan fingerprint density at radius 2 is 0.970 bits per heavy atom. The van der Waals surface area contributed by atoms with Crippen LogP contribution in [0.3, 0.4) is 0 Å². The second-order valence-electron chi connectivity index (χ2n) is 21.2. The molecule has 15 aromatic rings. The van der Waals surface area contributed by atoms with Gasteiger partial charge in [-0.05, 0) is 122 Å². The van der Waals surface area contributed by atoms with Crippen LogP contribution in [0.15, 0.2) is 170 Å². The van der Waals surface area contributed by atoms with Gasteiger partial charge in [0.25, 0.3) is 0 Å². The molecule has 0 N–H and O–H groups in total. The molecule has 9 aromatic carbocycles. The second kappa shape index (κ2) is 12.5. The van der Waals surface area contributed by atoms with E-state index in [1.54, 1.807) is 0 Å². The Morgan fingerprint density at radius 3 is 1.75 bits per heavy atom. The minimum Gasteiger partial charge on any atom is -0.309 e. The number of hydrogen-bond acceptors (Lipinski definition) is 1. The predicted molar refractivity (Wildman–Crippen MR) is 286 cm³/mol. The molecule has 0 unspecified atom stereocenters. The molecule has 4 heteroatoms. The smallest absolute Gasteiger partial charge is 0.146 e. The van der Waals surface area contributed by atoms with Crippen molar-refractivity contribution >= 4 is 120 Å². The van der Waals surface area contributed by atoms with Crippen molar-refractivity contribution in [2.45, 2.75) is 52.4 Å². The maximum atomic E-state index is 5.60. The summed E-state index contributed by atoms with van der Waals surface area (Å²) in [6.07, 6.45) is 2.19. The lowest BCUT2D eigenvalue weighted by atomic mass is 9.83. The van der Waals surface area contributed by atoms with Crippen LogP contribution < -0.4 is 0 Å². The summed E-state index contributed by atoms with van der Waals surface area (Å²) in [5.74, 6) is 0. The lowest BCUT2D eigenvalue weighted by Crippen LogP contribution is -2.11. The van der Waals surface area contributed by atoms with Crippen LogP contribution in [0.5, 0.6) is 0 Å². The summed E-state index contributed by atoms with van der Waals surface area (Å²) in [6.45, 7) is 14.1. The highest BCUT2D eigenvalue weighted by Crippen LogP contribution is 2.51. The fourth-order valence-electron chi connectivity index (χ4n) is 12.1. The highest BCUT2D eigenvalue weighted by atomic mass is 15.0. The zero-order valence-electron chi connectivity index (χ0n) is 38.5. The molecule has 0 spiro atoms. The summed E-state index contributed by atoms with van der Waals surface area (Å²) >= 11 is 0. The number of para-hydroxylation sites is 2. The molecule has 15 rings (SSSR count). The van der Waals surface area contributed by atoms with Gasteiger partial charge in [-0.3, -0.25) is 4.40 Å². The van der Waals surface area contributed by atoms with E-state index in [9.17, 15) is 0 Å². The second-order valence-corrected chi connectivity index (χ2v) is 21.2. The van der Waals surface area contributed by atoms with Gasteiger partial charge in [0.05, 0.1) is 44.8 Å². The molecular formula is C63H46N4. The minimum atomic E-state index is -0.0897. The van der Waals surface area contributed by atoms with Gasteiger partial charge in [-0.1, -0.05) is 133 Å². The van der Waals surface area contributed by atoms with E-state index in [2.05, 4.69) is 225 Å². The van der Waals surface area contributed by atoms with E-state index in [-0.39, 0.29) is 10.8 Å². The lowest BCUT2D eigenvalue weighted by molar-refractivity contribution is 0.591. The van der Waals surface area contributed by atoms with E-state index in [4.69, 9.17) is 4.98 Å². The average Bonchev–Trinajstić information content (AvgIpc) is 4.12. The van der Waals surface area contributed by atoms with Crippen molar-refractivity contribution in [1.29, 1.82) is 0 Å². The fraction of sp³-hybridized carbons (Fsp3) is 0.127. The molecule has 0 aliphatic rings. The maximum Gasteiger partial charge on any atom is 0.146 e. The van der Waals surface area contributed by atoms with E-state index in [1.165, 1.54) is 136 Å². The van der Waals surface area contributed by atoms with Gasteiger partial charge in [0, 0.05) is 65.1 Å². The van der Waals surface area contributed by atoms with Gasteiger partial charge >= 0.3 is 0 Å². The molecule has 0 aliphatic carbocycles. The Morgan fingerprint density at radius 1 is 0.373 bits per heavy atom. The van der Waals surface area contributed by atoms with Gasteiger partial charge in [0.1, 0.15) is 5.65 Å². The molecule has 0 saturated carbocycles. The third kappa shape index (κ3) is 4.79. The van der Waals surface area contributed by atoms with Crippen LogP contribution in [0, 0.1) is 0 Å². The topological polar surface area (TPSA) is 26.6 Å². The monoisotopic (exact) mass is 858 g/mol. The highest BCUT2D eigenvalue weighted by molar-refractivity contribution is 6.38. The van der Waals surface area contributed by atoms with Gasteiger partial charge in [-0.2, -0.15) is 0 Å². The third-order valence-corrected chi connectivity index (χ3v) is 15.3. The first-order valence-corrected chi connectivity index (χ1v) is 23.7. The summed E-state index contributed by atoms with van der Waals surface area (Å²) in [7, 11) is 0. The number of hydrogen-bond donors (Lipinski definition) is 0. The number of nitrogens with zero attached hydrogens (tertiary/aromatic N) is 4. The number of benzene rings is 9. The standard InChI is InChI=1S/C63H46N4/c1-62(2,3)39-30-44(38-24-25-52-45(27-38)43-22-14-15-23-51(43)65(52)41-19-8-7-9-20-41)58-49(32-39)55-42-21-13-12-18-37(42)28-48-56-54(66(58)60(48)55)34-64-61-57(56)50-33-40(63(4,5)6)31-47-46-26-35-16-10-11-17-36(35)29-53(46)67(61)59(47)50/h7-34H,1-6H3. The Labute approximate surface area is 386 Å². The van der Waals surface area contributed by atoms with Crippen molar-refractivity contribution in [3.05, 3.63) is 181 Å². The first-order valence-electron chi connectivity index (χ1n) is 23.7. The molecule has 4 nitrogen and oxygen atoms in total. The van der Waals surface area contributed by atoms with Crippen molar-refractivity contribution < 1.29 is 0 Å². The lowest BCUT2D eigenvalue weighted by Gasteiger charge is -2.21. The SMILES string of the molecule is CC(C)(C)c1cc(-c2ccc3c(c2)c2ccccc2n3-c2ccccc2)c2c(c1)c1c3ccccc3cc3c4c5c6cc(C(C)(C)C)cc7c8cc9ccccc9cc8n(c5ncc4n2c31)c76. The van der Waals surface area contributed by atoms with Gasteiger partial charge in [0.15, 0.2) is 0 Å². The molecule has 0 aliphatic heterocycles. The molecule has 0 bridgehead atoms. The Bertz CT molecular complexity index is 4620. The third-order valence-electron chi connectivity index (χ3n) is 15.3. The van der Waals surface area contributed by atoms with E-state index in [0.29, 0.717) is 0 Å². The van der Waals surface area contributed by atoms with Crippen LogP contribution in [-0.4, -0.2) is 18.4 Å². The van der Waals surface area contributed by atoms with Crippen molar-refractivity contribution in [1.82, 2.24) is 18.4 Å². The molecular weight excluding hydrogens is 813 g/mol. The summed E-state index contributed by atoms with van der Waals surface area (Å²) in [6, 6.07) is 61.8. The van der Waals surface area contributed by atoms with Gasteiger partial charge in [-0.15, -0.1) is 0 Å². The largest absolute Gasteiger partial charge is 0.309 e. The minimum absolute atomic E-state index is 0.0596. The number of fused-ring (bicyclic) bond motifs is 19. The molecule has 318 valence electrons. The highest BCUT2D eigenvalue weighted by Gasteiger charge is 2.30. The first-order chi connectivity index (χ1) is 32.5. The van der Waals surface area contributed by atoms with E-state index < -0.39 is 0 Å². The molecule has 0 amide bonds. The van der Waals surface area contributed by atoms with E-state index in [1.807, 2.05) is 0 Å². The fourth-order valence-corrected chi connectivity index (χ4v) is 12.1. The van der Waals surface area contributed by atoms with Crippen LogP contribution in [0.25, 0.3) is 136 Å². The van der Waals surface area contributed by atoms with Crippen molar-refractivity contribution in [3.63, 3.8) is 0 Å². The molecule has 6 aromatic heterocycles. The molecule has 0 atom stereocenters. The van der Waals surface area contributed by atoms with Gasteiger partial charge in [-0.25, -0.2) is 4.98 Å². The molecule has 0 fully saturated rings. The van der Waals surface area contributed by atoms with Gasteiger partial charge in [0.2, 0.25) is 0 Å².